The van der Waals surface area contributed by atoms with E-state index < -0.39 is 16.0 Å². The number of carbonyl (C=O) groups is 2. The van der Waals surface area contributed by atoms with E-state index in [1.807, 2.05) is 42.5 Å². The van der Waals surface area contributed by atoms with Gasteiger partial charge in [0.25, 0.3) is 10.0 Å². The first-order valence-corrected chi connectivity index (χ1v) is 13.9. The fourth-order valence-corrected chi connectivity index (χ4v) is 6.18. The lowest BCUT2D eigenvalue weighted by atomic mass is 10.1. The van der Waals surface area contributed by atoms with E-state index in [0.717, 1.165) is 17.3 Å². The van der Waals surface area contributed by atoms with Crippen molar-refractivity contribution in [2.75, 3.05) is 22.5 Å². The number of nitrogens with zero attached hydrogens (tertiary/aromatic N) is 3. The van der Waals surface area contributed by atoms with Crippen LogP contribution in [0.1, 0.15) is 15.9 Å². The summed E-state index contributed by atoms with van der Waals surface area (Å²) in [6.45, 7) is 0.177. The van der Waals surface area contributed by atoms with Gasteiger partial charge in [-0.2, -0.15) is 0 Å². The van der Waals surface area contributed by atoms with Crippen molar-refractivity contribution in [3.63, 3.8) is 0 Å². The van der Waals surface area contributed by atoms with E-state index in [2.05, 4.69) is 20.0 Å². The van der Waals surface area contributed by atoms with Gasteiger partial charge in [-0.05, 0) is 35.9 Å². The minimum atomic E-state index is -3.91. The van der Waals surface area contributed by atoms with Crippen LogP contribution < -0.4 is 9.62 Å². The number of hydrogen-bond donors (Lipinski definition) is 1. The van der Waals surface area contributed by atoms with Crippen LogP contribution in [0, 0.1) is 0 Å². The largest absolute Gasteiger partial charge is 0.465 e. The Bertz CT molecular complexity index is 1610. The molecule has 0 bridgehead atoms. The fraction of sp³-hybridized carbons (Fsp3) is 0.111. The molecule has 0 spiro atoms. The number of carbonyl (C=O) groups excluding carboxylic acids is 2. The van der Waals surface area contributed by atoms with E-state index in [1.54, 1.807) is 36.4 Å². The molecule has 0 saturated heterocycles. The number of para-hydroxylation sites is 1. The summed E-state index contributed by atoms with van der Waals surface area (Å²) in [4.78, 5) is 32.8. The highest BCUT2D eigenvalue weighted by Gasteiger charge is 2.36. The lowest BCUT2D eigenvalue weighted by molar-refractivity contribution is -0.113. The maximum Gasteiger partial charge on any atom is 0.337 e. The molecule has 1 aliphatic rings. The number of methoxy groups -OCH3 is 1. The second-order valence-electron chi connectivity index (χ2n) is 8.29. The van der Waals surface area contributed by atoms with Crippen LogP contribution in [-0.4, -0.2) is 43.1 Å². The highest BCUT2D eigenvalue weighted by molar-refractivity contribution is 7.99. The molecule has 1 aromatic heterocycles. The fourth-order valence-electron chi connectivity index (χ4n) is 4.00. The second kappa shape index (κ2) is 10.6. The van der Waals surface area contributed by atoms with E-state index in [4.69, 9.17) is 0 Å². The highest BCUT2D eigenvalue weighted by atomic mass is 32.2. The van der Waals surface area contributed by atoms with Gasteiger partial charge in [-0.15, -0.1) is 0 Å². The number of thioether (sulfide) groups is 1. The van der Waals surface area contributed by atoms with Gasteiger partial charge in [-0.3, -0.25) is 9.10 Å². The van der Waals surface area contributed by atoms with Crippen molar-refractivity contribution >= 4 is 45.0 Å². The lowest BCUT2D eigenvalue weighted by Crippen LogP contribution is -2.34. The van der Waals surface area contributed by atoms with E-state index in [9.17, 15) is 18.0 Å². The van der Waals surface area contributed by atoms with E-state index in [0.29, 0.717) is 28.2 Å². The molecule has 192 valence electrons. The molecule has 0 saturated carbocycles. The minimum absolute atomic E-state index is 0.00602. The first-order valence-electron chi connectivity index (χ1n) is 11.5. The van der Waals surface area contributed by atoms with Crippen LogP contribution in [0.3, 0.4) is 0 Å². The van der Waals surface area contributed by atoms with Crippen LogP contribution in [-0.2, 0) is 26.1 Å². The van der Waals surface area contributed by atoms with Crippen molar-refractivity contribution in [2.24, 2.45) is 0 Å². The summed E-state index contributed by atoms with van der Waals surface area (Å²) in [5.41, 5.74) is 3.27. The Balaban J connectivity index is 1.34. The number of ether oxygens (including phenoxy) is 1. The Morgan fingerprint density at radius 2 is 1.68 bits per heavy atom. The average Bonchev–Trinajstić information content (AvgIpc) is 2.94. The molecule has 0 aliphatic carbocycles. The average molecular weight is 547 g/mol. The summed E-state index contributed by atoms with van der Waals surface area (Å²) in [6.07, 6.45) is 1.30. The molecule has 1 N–H and O–H groups in total. The number of benzene rings is 3. The zero-order valence-corrected chi connectivity index (χ0v) is 21.8. The van der Waals surface area contributed by atoms with Crippen LogP contribution in [0.4, 0.5) is 11.4 Å². The maximum atomic E-state index is 13.6. The topological polar surface area (TPSA) is 119 Å². The third-order valence-corrected chi connectivity index (χ3v) is 8.44. The zero-order chi connectivity index (χ0) is 26.7. The third kappa shape index (κ3) is 5.11. The summed E-state index contributed by atoms with van der Waals surface area (Å²) < 4.78 is 33.2. The van der Waals surface area contributed by atoms with Crippen molar-refractivity contribution in [3.8, 4) is 11.3 Å². The van der Waals surface area contributed by atoms with E-state index in [1.165, 1.54) is 17.6 Å². The van der Waals surface area contributed by atoms with Gasteiger partial charge in [0.2, 0.25) is 5.91 Å². The van der Waals surface area contributed by atoms with Crippen molar-refractivity contribution < 1.29 is 22.7 Å². The van der Waals surface area contributed by atoms with Crippen molar-refractivity contribution in [1.29, 1.82) is 0 Å². The Labute approximate surface area is 223 Å². The van der Waals surface area contributed by atoms with Crippen LogP contribution in [0.15, 0.2) is 95.1 Å². The molecule has 2 heterocycles. The molecule has 38 heavy (non-hydrogen) atoms. The number of sulfonamides is 1. The second-order valence-corrected chi connectivity index (χ2v) is 11.1. The molecule has 4 aromatic rings. The quantitative estimate of drug-likeness (QED) is 0.206. The number of amides is 1. The first-order chi connectivity index (χ1) is 18.4. The zero-order valence-electron chi connectivity index (χ0n) is 20.2. The van der Waals surface area contributed by atoms with Gasteiger partial charge >= 0.3 is 5.97 Å². The number of anilines is 2. The molecule has 11 heteroatoms. The molecule has 1 amide bonds. The molecule has 3 aromatic carbocycles. The van der Waals surface area contributed by atoms with Crippen LogP contribution in [0.25, 0.3) is 11.3 Å². The first kappa shape index (κ1) is 25.4. The molecule has 9 nitrogen and oxygen atoms in total. The number of nitrogens with one attached hydrogen (secondary N) is 1. The van der Waals surface area contributed by atoms with Gasteiger partial charge in [0, 0.05) is 11.3 Å². The molecule has 0 fully saturated rings. The van der Waals surface area contributed by atoms with Gasteiger partial charge < -0.3 is 10.1 Å². The molecular weight excluding hydrogens is 524 g/mol. The van der Waals surface area contributed by atoms with Gasteiger partial charge in [0.05, 0.1) is 42.5 Å². The molecule has 5 rings (SSSR count). The third-order valence-electron chi connectivity index (χ3n) is 5.82. The molecule has 1 aliphatic heterocycles. The van der Waals surface area contributed by atoms with E-state index in [-0.39, 0.29) is 28.3 Å². The number of hydrogen-bond acceptors (Lipinski definition) is 8. The predicted octanol–water partition coefficient (Wildman–Crippen LogP) is 4.37. The van der Waals surface area contributed by atoms with Gasteiger partial charge in [-0.25, -0.2) is 23.2 Å². The number of fused-ring (bicyclic) bond motifs is 3. The summed E-state index contributed by atoms with van der Waals surface area (Å²) >= 11 is 1.09. The van der Waals surface area contributed by atoms with Crippen molar-refractivity contribution in [2.45, 2.75) is 16.6 Å². The molecular formula is C27H22N4O5S2. The molecule has 0 unspecified atom stereocenters. The number of esters is 1. The van der Waals surface area contributed by atoms with E-state index >= 15 is 0 Å². The smallest absolute Gasteiger partial charge is 0.337 e. The Morgan fingerprint density at radius 3 is 2.42 bits per heavy atom. The Morgan fingerprint density at radius 1 is 0.974 bits per heavy atom. The summed E-state index contributed by atoms with van der Waals surface area (Å²) in [5.74, 6) is -0.759. The SMILES string of the molecule is COC(=O)c1ccc(NC(=O)CSc2ncc3c(n2)-c2ccccc2N(Cc2ccccc2)S3(=O)=O)cc1. The van der Waals surface area contributed by atoms with Crippen molar-refractivity contribution in [3.05, 3.63) is 96.2 Å². The standard InChI is InChI=1S/C27H22N4O5S2/c1-36-26(33)19-11-13-20(14-12-19)29-24(32)17-37-27-28-15-23-25(30-27)21-9-5-6-10-22(21)31(38(23,34)35)16-18-7-3-2-4-8-18/h2-15H,16-17H2,1H3,(H,29,32). The van der Waals surface area contributed by atoms with Gasteiger partial charge in [0.1, 0.15) is 4.90 Å². The van der Waals surface area contributed by atoms with Crippen LogP contribution >= 0.6 is 11.8 Å². The Hall–Kier alpha value is -4.22. The monoisotopic (exact) mass is 546 g/mol. The predicted molar refractivity (Wildman–Crippen MR) is 144 cm³/mol. The minimum Gasteiger partial charge on any atom is -0.465 e. The molecule has 0 radical (unpaired) electrons. The van der Waals surface area contributed by atoms with Crippen LogP contribution in [0.2, 0.25) is 0 Å². The summed E-state index contributed by atoms with van der Waals surface area (Å²) in [5, 5.41) is 3.03. The summed E-state index contributed by atoms with van der Waals surface area (Å²) in [7, 11) is -2.61. The summed E-state index contributed by atoms with van der Waals surface area (Å²) in [6, 6.07) is 22.9. The van der Waals surface area contributed by atoms with Gasteiger partial charge in [0.15, 0.2) is 5.16 Å². The van der Waals surface area contributed by atoms with Crippen molar-refractivity contribution in [1.82, 2.24) is 9.97 Å². The Kier molecular flexibility index (Phi) is 7.12. The molecule has 0 atom stereocenters. The lowest BCUT2D eigenvalue weighted by Gasteiger charge is -2.31. The number of aromatic nitrogens is 2. The maximum absolute atomic E-state index is 13.6. The number of rotatable bonds is 7. The normalized spacial score (nSPS) is 13.2. The van der Waals surface area contributed by atoms with Gasteiger partial charge in [-0.1, -0.05) is 60.3 Å². The van der Waals surface area contributed by atoms with Crippen LogP contribution in [0.5, 0.6) is 0 Å². The highest BCUT2D eigenvalue weighted by Crippen LogP contribution is 2.42.